The molecule has 0 aromatic heterocycles. The molecule has 0 amide bonds. The van der Waals surface area contributed by atoms with Crippen molar-refractivity contribution in [1.29, 1.82) is 0 Å². The van der Waals surface area contributed by atoms with Crippen molar-refractivity contribution in [3.8, 4) is 0 Å². The lowest BCUT2D eigenvalue weighted by Crippen LogP contribution is -2.46. The third kappa shape index (κ3) is 5.41. The highest BCUT2D eigenvalue weighted by Gasteiger charge is 2.17. The molecule has 0 aliphatic carbocycles. The molecule has 0 unspecified atom stereocenters. The maximum Gasteiger partial charge on any atom is 0.176 e. The Hall–Kier alpha value is -0.610. The first-order valence-electron chi connectivity index (χ1n) is 6.72. The van der Waals surface area contributed by atoms with Crippen molar-refractivity contribution in [2.45, 2.75) is 13.3 Å². The third-order valence-corrected chi connectivity index (χ3v) is 3.65. The Labute approximate surface area is 134 Å². The molecule has 20 heavy (non-hydrogen) atoms. The van der Waals surface area contributed by atoms with Crippen LogP contribution in [-0.4, -0.2) is 55.4 Å². The molecule has 1 aliphatic heterocycles. The molecule has 0 N–H and O–H groups in total. The lowest BCUT2D eigenvalue weighted by atomic mass is 10.1. The summed E-state index contributed by atoms with van der Waals surface area (Å²) >= 11 is 0. The minimum Gasteiger partial charge on any atom is -0.304 e. The number of carbonyl (C=O) groups excluding carboxylic acids is 1. The van der Waals surface area contributed by atoms with Crippen molar-refractivity contribution in [1.82, 2.24) is 9.80 Å². The van der Waals surface area contributed by atoms with E-state index in [1.54, 1.807) is 0 Å². The standard InChI is InChI=1S/C15H22N2O.2ClH/c1-3-13-4-6-14(7-5-13)15(18)12-17-10-8-16(2)9-11-17;;/h4-7H,3,8-12H2,1-2H3;2*1H. The zero-order chi connectivity index (χ0) is 13.0. The van der Waals surface area contributed by atoms with Crippen LogP contribution in [0.2, 0.25) is 0 Å². The van der Waals surface area contributed by atoms with Crippen LogP contribution in [0.1, 0.15) is 22.8 Å². The molecule has 1 aromatic rings. The second-order valence-electron chi connectivity index (χ2n) is 5.05. The van der Waals surface area contributed by atoms with Crippen LogP contribution in [-0.2, 0) is 6.42 Å². The fraction of sp³-hybridized carbons (Fsp3) is 0.533. The van der Waals surface area contributed by atoms with Gasteiger partial charge in [0.15, 0.2) is 5.78 Å². The van der Waals surface area contributed by atoms with Gasteiger partial charge in [0, 0.05) is 31.7 Å². The highest BCUT2D eigenvalue weighted by molar-refractivity contribution is 5.97. The largest absolute Gasteiger partial charge is 0.304 e. The SMILES string of the molecule is CCc1ccc(C(=O)CN2CCN(C)CC2)cc1.Cl.Cl. The van der Waals surface area contributed by atoms with E-state index in [1.807, 2.05) is 12.1 Å². The normalized spacial score (nSPS) is 16.1. The average molecular weight is 319 g/mol. The topological polar surface area (TPSA) is 23.6 Å². The number of likely N-dealkylation sites (N-methyl/N-ethyl adjacent to an activating group) is 1. The molecule has 5 heteroatoms. The molecule has 1 aliphatic rings. The molecule has 0 spiro atoms. The quantitative estimate of drug-likeness (QED) is 0.797. The van der Waals surface area contributed by atoms with Crippen LogP contribution < -0.4 is 0 Å². The van der Waals surface area contributed by atoms with Crippen molar-refractivity contribution >= 4 is 30.6 Å². The van der Waals surface area contributed by atoms with Gasteiger partial charge in [0.1, 0.15) is 0 Å². The molecule has 114 valence electrons. The predicted octanol–water partition coefficient (Wildman–Crippen LogP) is 2.52. The fourth-order valence-corrected chi connectivity index (χ4v) is 2.23. The van der Waals surface area contributed by atoms with E-state index in [1.165, 1.54) is 5.56 Å². The molecule has 1 fully saturated rings. The number of nitrogens with zero attached hydrogens (tertiary/aromatic N) is 2. The molecule has 2 rings (SSSR count). The summed E-state index contributed by atoms with van der Waals surface area (Å²) < 4.78 is 0. The van der Waals surface area contributed by atoms with Crippen molar-refractivity contribution < 1.29 is 4.79 Å². The van der Waals surface area contributed by atoms with E-state index >= 15 is 0 Å². The molecule has 3 nitrogen and oxygen atoms in total. The Morgan fingerprint density at radius 1 is 1.05 bits per heavy atom. The number of hydrogen-bond donors (Lipinski definition) is 0. The van der Waals surface area contributed by atoms with Gasteiger partial charge in [0.05, 0.1) is 6.54 Å². The monoisotopic (exact) mass is 318 g/mol. The fourth-order valence-electron chi connectivity index (χ4n) is 2.23. The number of aryl methyl sites for hydroxylation is 1. The molecule has 1 saturated heterocycles. The van der Waals surface area contributed by atoms with E-state index in [4.69, 9.17) is 0 Å². The first-order chi connectivity index (χ1) is 8.69. The van der Waals surface area contributed by atoms with E-state index in [0.717, 1.165) is 38.2 Å². The van der Waals surface area contributed by atoms with Gasteiger partial charge in [0.25, 0.3) is 0 Å². The van der Waals surface area contributed by atoms with Crippen LogP contribution in [0, 0.1) is 0 Å². The number of rotatable bonds is 4. The summed E-state index contributed by atoms with van der Waals surface area (Å²) in [6.45, 7) is 6.79. The number of benzene rings is 1. The molecule has 0 atom stereocenters. The van der Waals surface area contributed by atoms with E-state index < -0.39 is 0 Å². The van der Waals surface area contributed by atoms with Crippen LogP contribution in [0.15, 0.2) is 24.3 Å². The van der Waals surface area contributed by atoms with Crippen molar-refractivity contribution in [2.24, 2.45) is 0 Å². The molecule has 1 aromatic carbocycles. The maximum absolute atomic E-state index is 12.1. The number of ketones is 1. The highest BCUT2D eigenvalue weighted by atomic mass is 35.5. The van der Waals surface area contributed by atoms with Crippen LogP contribution in [0.4, 0.5) is 0 Å². The van der Waals surface area contributed by atoms with Gasteiger partial charge in [0.2, 0.25) is 0 Å². The first-order valence-corrected chi connectivity index (χ1v) is 6.72. The predicted molar refractivity (Wildman–Crippen MR) is 88.6 cm³/mol. The number of Topliss-reactive ketones (excluding diaryl/α,β-unsaturated/α-hetero) is 1. The summed E-state index contributed by atoms with van der Waals surface area (Å²) in [4.78, 5) is 16.7. The van der Waals surface area contributed by atoms with Gasteiger partial charge in [-0.05, 0) is 19.0 Å². The van der Waals surface area contributed by atoms with Gasteiger partial charge in [-0.25, -0.2) is 0 Å². The smallest absolute Gasteiger partial charge is 0.176 e. The second-order valence-corrected chi connectivity index (χ2v) is 5.05. The number of piperazine rings is 1. The second kappa shape index (κ2) is 9.35. The summed E-state index contributed by atoms with van der Waals surface area (Å²) in [7, 11) is 2.13. The minimum atomic E-state index is 0. The van der Waals surface area contributed by atoms with Crippen molar-refractivity contribution in [2.75, 3.05) is 39.8 Å². The summed E-state index contributed by atoms with van der Waals surface area (Å²) in [5, 5.41) is 0. The molecular weight excluding hydrogens is 295 g/mol. The zero-order valence-electron chi connectivity index (χ0n) is 12.2. The van der Waals surface area contributed by atoms with E-state index in [0.29, 0.717) is 6.54 Å². The van der Waals surface area contributed by atoms with Crippen LogP contribution in [0.25, 0.3) is 0 Å². The van der Waals surface area contributed by atoms with Gasteiger partial charge in [-0.1, -0.05) is 31.2 Å². The summed E-state index contributed by atoms with van der Waals surface area (Å²) in [6, 6.07) is 8.02. The summed E-state index contributed by atoms with van der Waals surface area (Å²) in [6.07, 6.45) is 1.02. The maximum atomic E-state index is 12.1. The van der Waals surface area contributed by atoms with Crippen molar-refractivity contribution in [3.05, 3.63) is 35.4 Å². The van der Waals surface area contributed by atoms with Crippen LogP contribution in [0.5, 0.6) is 0 Å². The Bertz CT molecular complexity index is 401. The van der Waals surface area contributed by atoms with Crippen LogP contribution >= 0.6 is 24.8 Å². The Morgan fingerprint density at radius 3 is 2.10 bits per heavy atom. The van der Waals surface area contributed by atoms with Gasteiger partial charge >= 0.3 is 0 Å². The van der Waals surface area contributed by atoms with Crippen molar-refractivity contribution in [3.63, 3.8) is 0 Å². The Morgan fingerprint density at radius 2 is 1.60 bits per heavy atom. The number of halogens is 2. The molecule has 1 heterocycles. The molecule has 0 bridgehead atoms. The summed E-state index contributed by atoms with van der Waals surface area (Å²) in [5.41, 5.74) is 2.12. The Kier molecular flexibility index (Phi) is 9.06. The van der Waals surface area contributed by atoms with Crippen LogP contribution in [0.3, 0.4) is 0 Å². The first kappa shape index (κ1) is 19.4. The summed E-state index contributed by atoms with van der Waals surface area (Å²) in [5.74, 6) is 0.238. The zero-order valence-corrected chi connectivity index (χ0v) is 13.8. The van der Waals surface area contributed by atoms with E-state index in [-0.39, 0.29) is 30.6 Å². The lowest BCUT2D eigenvalue weighted by Gasteiger charge is -2.31. The molecule has 0 saturated carbocycles. The van der Waals surface area contributed by atoms with E-state index in [2.05, 4.69) is 35.9 Å². The van der Waals surface area contributed by atoms with Gasteiger partial charge in [-0.15, -0.1) is 24.8 Å². The average Bonchev–Trinajstić information content (AvgIpc) is 2.41. The van der Waals surface area contributed by atoms with E-state index in [9.17, 15) is 4.79 Å². The van der Waals surface area contributed by atoms with Gasteiger partial charge in [-0.2, -0.15) is 0 Å². The Balaban J connectivity index is 0.00000180. The van der Waals surface area contributed by atoms with Gasteiger partial charge in [-0.3, -0.25) is 9.69 Å². The highest BCUT2D eigenvalue weighted by Crippen LogP contribution is 2.08. The third-order valence-electron chi connectivity index (χ3n) is 3.65. The molecule has 0 radical (unpaired) electrons. The molecular formula is C15H24Cl2N2O. The minimum absolute atomic E-state index is 0. The lowest BCUT2D eigenvalue weighted by molar-refractivity contribution is 0.0876. The van der Waals surface area contributed by atoms with Gasteiger partial charge < -0.3 is 4.90 Å². The number of carbonyl (C=O) groups is 1. The number of hydrogen-bond acceptors (Lipinski definition) is 3.